The number of likely N-dealkylation sites (N-methyl/N-ethyl adjacent to an activating group) is 1. The van der Waals surface area contributed by atoms with E-state index in [4.69, 9.17) is 4.84 Å². The van der Waals surface area contributed by atoms with Crippen molar-refractivity contribution in [1.82, 2.24) is 19.8 Å². The Hall–Kier alpha value is -1.48. The van der Waals surface area contributed by atoms with Gasteiger partial charge in [0, 0.05) is 29.7 Å². The van der Waals surface area contributed by atoms with E-state index in [9.17, 15) is 5.11 Å². The van der Waals surface area contributed by atoms with Gasteiger partial charge in [0.25, 0.3) is 0 Å². The topological polar surface area (TPSA) is 75.4 Å². The van der Waals surface area contributed by atoms with Gasteiger partial charge in [0.05, 0.1) is 49.7 Å². The molecule has 0 aromatic carbocycles. The average Bonchev–Trinajstić information content (AvgIpc) is 3.13. The van der Waals surface area contributed by atoms with Gasteiger partial charge in [0.1, 0.15) is 0 Å². The van der Waals surface area contributed by atoms with Crippen LogP contribution in [0.4, 0.5) is 5.69 Å². The smallest absolute Gasteiger partial charge is 0.0981 e. The molecule has 2 aromatic rings. The van der Waals surface area contributed by atoms with E-state index in [0.29, 0.717) is 19.6 Å². The molecule has 24 heavy (non-hydrogen) atoms. The van der Waals surface area contributed by atoms with Crippen LogP contribution in [0.1, 0.15) is 30.7 Å². The van der Waals surface area contributed by atoms with Gasteiger partial charge < -0.3 is 15.3 Å². The van der Waals surface area contributed by atoms with Gasteiger partial charge in [0.15, 0.2) is 0 Å². The van der Waals surface area contributed by atoms with Gasteiger partial charge in [-0.05, 0) is 0 Å². The second-order valence-corrected chi connectivity index (χ2v) is 7.95. The van der Waals surface area contributed by atoms with Crippen molar-refractivity contribution >= 4 is 17.0 Å². The van der Waals surface area contributed by atoms with Gasteiger partial charge in [0.2, 0.25) is 0 Å². The summed E-state index contributed by atoms with van der Waals surface area (Å²) in [5.74, 6) is 0. The fraction of sp³-hybridized carbons (Fsp3) is 0.625. The van der Waals surface area contributed by atoms with Crippen LogP contribution in [0.5, 0.6) is 0 Å². The van der Waals surface area contributed by atoms with Crippen LogP contribution < -0.4 is 5.32 Å². The molecule has 2 aromatic heterocycles. The molecule has 0 bridgehead atoms. The molecule has 0 aliphatic rings. The lowest BCUT2D eigenvalue weighted by molar-refractivity contribution is -0.129. The number of hydroxylamine groups is 2. The Morgan fingerprint density at radius 3 is 2.79 bits per heavy atom. The Kier molecular flexibility index (Phi) is 6.34. The van der Waals surface area contributed by atoms with Crippen molar-refractivity contribution in [2.75, 3.05) is 26.0 Å². The van der Waals surface area contributed by atoms with E-state index in [0.717, 1.165) is 10.7 Å². The summed E-state index contributed by atoms with van der Waals surface area (Å²) in [6.07, 6.45) is 5.03. The van der Waals surface area contributed by atoms with Crippen LogP contribution >= 0.6 is 11.3 Å². The van der Waals surface area contributed by atoms with E-state index < -0.39 is 6.10 Å². The van der Waals surface area contributed by atoms with Crippen molar-refractivity contribution in [3.05, 3.63) is 28.5 Å². The third-order valence-corrected chi connectivity index (χ3v) is 4.90. The summed E-state index contributed by atoms with van der Waals surface area (Å²) in [5.41, 5.74) is 1.01. The molecule has 2 N–H and O–H groups in total. The molecule has 0 radical (unpaired) electrons. The molecule has 8 heteroatoms. The Labute approximate surface area is 147 Å². The lowest BCUT2D eigenvalue weighted by Gasteiger charge is -2.17. The molecular formula is C16H27N5O2S. The Bertz CT molecular complexity index is 634. The lowest BCUT2D eigenvalue weighted by Crippen LogP contribution is -2.31. The number of rotatable bonds is 8. The molecule has 0 spiro atoms. The van der Waals surface area contributed by atoms with Gasteiger partial charge >= 0.3 is 0 Å². The van der Waals surface area contributed by atoms with Crippen molar-refractivity contribution in [3.8, 4) is 0 Å². The van der Waals surface area contributed by atoms with Crippen molar-refractivity contribution in [3.63, 3.8) is 0 Å². The summed E-state index contributed by atoms with van der Waals surface area (Å²) in [5, 5.41) is 20.3. The largest absolute Gasteiger partial charge is 0.390 e. The number of anilines is 1. The first-order chi connectivity index (χ1) is 11.3. The van der Waals surface area contributed by atoms with E-state index in [-0.39, 0.29) is 5.41 Å². The van der Waals surface area contributed by atoms with Crippen molar-refractivity contribution < 1.29 is 9.94 Å². The van der Waals surface area contributed by atoms with Crippen LogP contribution in [0.25, 0.3) is 0 Å². The fourth-order valence-electron chi connectivity index (χ4n) is 2.12. The summed E-state index contributed by atoms with van der Waals surface area (Å²) < 4.78 is 1.73. The van der Waals surface area contributed by atoms with E-state index in [1.165, 1.54) is 4.88 Å². The maximum atomic E-state index is 9.99. The van der Waals surface area contributed by atoms with E-state index in [2.05, 4.69) is 36.2 Å². The third kappa shape index (κ3) is 5.55. The quantitative estimate of drug-likeness (QED) is 0.708. The molecule has 0 amide bonds. The Morgan fingerprint density at radius 2 is 2.17 bits per heavy atom. The highest BCUT2D eigenvalue weighted by Crippen LogP contribution is 2.27. The maximum absolute atomic E-state index is 9.99. The second-order valence-electron chi connectivity index (χ2n) is 6.83. The van der Waals surface area contributed by atoms with E-state index in [1.54, 1.807) is 41.4 Å². The normalized spacial score (nSPS) is 13.5. The molecular weight excluding hydrogens is 326 g/mol. The standard InChI is InChI=1S/C16H27N5O2S/c1-16(2,3)15-18-8-14(24-15)7-17-12-6-19-21(9-12)11-13(22)10-20(4)23-5/h6,8-9,13,17,22H,7,10-11H2,1-5H3/t13-/m1/s1. The van der Waals surface area contributed by atoms with E-state index >= 15 is 0 Å². The molecule has 0 unspecified atom stereocenters. The van der Waals surface area contributed by atoms with Crippen LogP contribution in [0.2, 0.25) is 0 Å². The number of aromatic nitrogens is 3. The van der Waals surface area contributed by atoms with Crippen LogP contribution in [0.15, 0.2) is 18.6 Å². The number of thiazole rings is 1. The monoisotopic (exact) mass is 353 g/mol. The number of hydrogen-bond acceptors (Lipinski definition) is 7. The van der Waals surface area contributed by atoms with Gasteiger partial charge in [-0.1, -0.05) is 20.8 Å². The zero-order valence-corrected chi connectivity index (χ0v) is 15.8. The summed E-state index contributed by atoms with van der Waals surface area (Å²) in [4.78, 5) is 10.7. The highest BCUT2D eigenvalue weighted by Gasteiger charge is 2.18. The predicted molar refractivity (Wildman–Crippen MR) is 96.0 cm³/mol. The highest BCUT2D eigenvalue weighted by atomic mass is 32.1. The summed E-state index contributed by atoms with van der Waals surface area (Å²) in [6.45, 7) is 8.06. The highest BCUT2D eigenvalue weighted by molar-refractivity contribution is 7.11. The molecule has 2 rings (SSSR count). The molecule has 0 saturated heterocycles. The molecule has 2 heterocycles. The van der Waals surface area contributed by atoms with Crippen LogP contribution in [0, 0.1) is 0 Å². The third-order valence-electron chi connectivity index (χ3n) is 3.47. The van der Waals surface area contributed by atoms with Crippen LogP contribution in [-0.4, -0.2) is 51.7 Å². The average molecular weight is 353 g/mol. The van der Waals surface area contributed by atoms with Crippen LogP contribution in [-0.2, 0) is 23.3 Å². The fourth-order valence-corrected chi connectivity index (χ4v) is 3.03. The molecule has 0 fully saturated rings. The van der Waals surface area contributed by atoms with Gasteiger partial charge in [-0.2, -0.15) is 10.2 Å². The molecule has 0 aliphatic carbocycles. The molecule has 0 saturated carbocycles. The first-order valence-electron chi connectivity index (χ1n) is 7.92. The minimum absolute atomic E-state index is 0.0826. The van der Waals surface area contributed by atoms with Gasteiger partial charge in [-0.3, -0.25) is 4.68 Å². The molecule has 0 aliphatic heterocycles. The Balaban J connectivity index is 1.84. The van der Waals surface area contributed by atoms with Crippen molar-refractivity contribution in [1.29, 1.82) is 0 Å². The minimum Gasteiger partial charge on any atom is -0.390 e. The summed E-state index contributed by atoms with van der Waals surface area (Å²) in [6, 6.07) is 0. The summed E-state index contributed by atoms with van der Waals surface area (Å²) in [7, 11) is 3.35. The number of aliphatic hydroxyl groups excluding tert-OH is 1. The predicted octanol–water partition coefficient (Wildman–Crippen LogP) is 2.10. The number of nitrogens with zero attached hydrogens (tertiary/aromatic N) is 4. The minimum atomic E-state index is -0.543. The van der Waals surface area contributed by atoms with Crippen molar-refractivity contribution in [2.24, 2.45) is 0 Å². The van der Waals surface area contributed by atoms with Crippen molar-refractivity contribution in [2.45, 2.75) is 45.4 Å². The summed E-state index contributed by atoms with van der Waals surface area (Å²) >= 11 is 1.73. The zero-order chi connectivity index (χ0) is 17.7. The molecule has 7 nitrogen and oxygen atoms in total. The second kappa shape index (κ2) is 8.06. The number of nitrogens with one attached hydrogen (secondary N) is 1. The SMILES string of the molecule is CON(C)C[C@@H](O)Cn1cc(NCc2cnc(C(C)(C)C)s2)cn1. The Morgan fingerprint density at radius 1 is 1.42 bits per heavy atom. The first-order valence-corrected chi connectivity index (χ1v) is 8.74. The van der Waals surface area contributed by atoms with Crippen LogP contribution in [0.3, 0.4) is 0 Å². The lowest BCUT2D eigenvalue weighted by atomic mass is 9.98. The number of hydrogen-bond donors (Lipinski definition) is 2. The maximum Gasteiger partial charge on any atom is 0.0981 e. The molecule has 134 valence electrons. The first kappa shape index (κ1) is 18.9. The van der Waals surface area contributed by atoms with Gasteiger partial charge in [-0.15, -0.1) is 11.3 Å². The zero-order valence-electron chi connectivity index (χ0n) is 15.0. The number of aliphatic hydroxyl groups is 1. The van der Waals surface area contributed by atoms with Gasteiger partial charge in [-0.25, -0.2) is 4.98 Å². The molecule has 1 atom stereocenters. The van der Waals surface area contributed by atoms with E-state index in [1.807, 2.05) is 12.4 Å².